The number of aromatic nitrogens is 2. The van der Waals surface area contributed by atoms with E-state index >= 15 is 0 Å². The van der Waals surface area contributed by atoms with Crippen LogP contribution in [-0.4, -0.2) is 29.0 Å². The van der Waals surface area contributed by atoms with Crippen molar-refractivity contribution in [1.29, 1.82) is 0 Å². The van der Waals surface area contributed by atoms with Gasteiger partial charge in [0.15, 0.2) is 6.29 Å². The van der Waals surface area contributed by atoms with Crippen LogP contribution in [0.5, 0.6) is 5.75 Å². The van der Waals surface area contributed by atoms with E-state index in [4.69, 9.17) is 14.0 Å². The summed E-state index contributed by atoms with van der Waals surface area (Å²) in [6, 6.07) is 8.66. The van der Waals surface area contributed by atoms with Gasteiger partial charge < -0.3 is 14.0 Å². The van der Waals surface area contributed by atoms with Crippen molar-refractivity contribution >= 4 is 12.3 Å². The summed E-state index contributed by atoms with van der Waals surface area (Å²) in [4.78, 5) is 26.8. The first kappa shape index (κ1) is 18.2. The fraction of sp³-hybridized carbons (Fsp3) is 0.158. The molecule has 8 heteroatoms. The molecule has 7 nitrogen and oxygen atoms in total. The van der Waals surface area contributed by atoms with E-state index in [1.165, 1.54) is 36.5 Å². The van der Waals surface area contributed by atoms with Crippen molar-refractivity contribution in [3.8, 4) is 17.0 Å². The summed E-state index contributed by atoms with van der Waals surface area (Å²) in [6.07, 6.45) is 1.90. The normalized spacial score (nSPS) is 10.4. The van der Waals surface area contributed by atoms with E-state index in [1.54, 1.807) is 13.0 Å². The number of pyridine rings is 1. The Bertz CT molecular complexity index is 936. The number of esters is 1. The summed E-state index contributed by atoms with van der Waals surface area (Å²) in [5.74, 6) is -0.509. The fourth-order valence-corrected chi connectivity index (χ4v) is 2.34. The number of ether oxygens (including phenoxy) is 2. The lowest BCUT2D eigenvalue weighted by Crippen LogP contribution is -2.07. The highest BCUT2D eigenvalue weighted by Gasteiger charge is 2.18. The van der Waals surface area contributed by atoms with Gasteiger partial charge in [0, 0.05) is 5.56 Å². The van der Waals surface area contributed by atoms with Gasteiger partial charge in [-0.05, 0) is 43.3 Å². The molecule has 0 unspecified atom stereocenters. The quantitative estimate of drug-likeness (QED) is 0.465. The smallest absolute Gasteiger partial charge is 0.356 e. The second-order valence-electron chi connectivity index (χ2n) is 5.39. The molecule has 0 amide bonds. The van der Waals surface area contributed by atoms with Gasteiger partial charge in [0.1, 0.15) is 29.6 Å². The van der Waals surface area contributed by atoms with Crippen molar-refractivity contribution in [2.75, 3.05) is 6.61 Å². The third-order valence-electron chi connectivity index (χ3n) is 3.65. The Morgan fingerprint density at radius 1 is 1.22 bits per heavy atom. The highest BCUT2D eigenvalue weighted by molar-refractivity contribution is 5.87. The highest BCUT2D eigenvalue weighted by Crippen LogP contribution is 2.26. The predicted octanol–water partition coefficient (Wildman–Crippen LogP) is 3.44. The van der Waals surface area contributed by atoms with Gasteiger partial charge in [0.2, 0.25) is 5.76 Å². The van der Waals surface area contributed by atoms with Crippen LogP contribution in [0.3, 0.4) is 0 Å². The third-order valence-corrected chi connectivity index (χ3v) is 3.65. The standard InChI is InChI=1S/C19H15FN2O5/c1-2-25-19(24)16-8-7-14(9-21-16)26-11-15-17(10-23)27-22-18(15)12-3-5-13(20)6-4-12/h3-10H,2,11H2,1H3. The van der Waals surface area contributed by atoms with E-state index in [1.807, 2.05) is 0 Å². The van der Waals surface area contributed by atoms with Gasteiger partial charge in [-0.2, -0.15) is 0 Å². The van der Waals surface area contributed by atoms with Crippen molar-refractivity contribution in [1.82, 2.24) is 10.1 Å². The van der Waals surface area contributed by atoms with E-state index < -0.39 is 5.97 Å². The Morgan fingerprint density at radius 2 is 2.00 bits per heavy atom. The van der Waals surface area contributed by atoms with Crippen LogP contribution in [0.4, 0.5) is 4.39 Å². The van der Waals surface area contributed by atoms with Crippen molar-refractivity contribution in [2.24, 2.45) is 0 Å². The van der Waals surface area contributed by atoms with Crippen LogP contribution in [0.1, 0.15) is 33.5 Å². The molecule has 0 N–H and O–H groups in total. The van der Waals surface area contributed by atoms with E-state index in [9.17, 15) is 14.0 Å². The Hall–Kier alpha value is -3.55. The predicted molar refractivity (Wildman–Crippen MR) is 91.8 cm³/mol. The molecule has 0 spiro atoms. The molecule has 0 saturated carbocycles. The number of rotatable bonds is 7. The number of benzene rings is 1. The average Bonchev–Trinajstić information content (AvgIpc) is 3.10. The fourth-order valence-electron chi connectivity index (χ4n) is 2.34. The van der Waals surface area contributed by atoms with Crippen molar-refractivity contribution < 1.29 is 28.0 Å². The summed E-state index contributed by atoms with van der Waals surface area (Å²) in [5.41, 5.74) is 1.55. The molecule has 0 fully saturated rings. The molecule has 3 aromatic rings. The number of carbonyl (C=O) groups is 2. The van der Waals surface area contributed by atoms with Crippen molar-refractivity contribution in [2.45, 2.75) is 13.5 Å². The summed E-state index contributed by atoms with van der Waals surface area (Å²) in [5, 5.41) is 3.87. The maximum atomic E-state index is 13.1. The lowest BCUT2D eigenvalue weighted by molar-refractivity contribution is 0.0519. The number of hydrogen-bond donors (Lipinski definition) is 0. The zero-order valence-corrected chi connectivity index (χ0v) is 14.3. The zero-order chi connectivity index (χ0) is 19.2. The minimum absolute atomic E-state index is 0.0189. The number of carbonyl (C=O) groups excluding carboxylic acids is 2. The van der Waals surface area contributed by atoms with Crippen LogP contribution in [0.2, 0.25) is 0 Å². The first-order valence-corrected chi connectivity index (χ1v) is 8.08. The summed E-state index contributed by atoms with van der Waals surface area (Å²) in [6.45, 7) is 1.94. The Labute approximate surface area is 153 Å². The van der Waals surface area contributed by atoms with Crippen LogP contribution in [-0.2, 0) is 11.3 Å². The first-order valence-electron chi connectivity index (χ1n) is 8.08. The SMILES string of the molecule is CCOC(=O)c1ccc(OCc2c(-c3ccc(F)cc3)noc2C=O)cn1. The van der Waals surface area contributed by atoms with Gasteiger partial charge in [-0.1, -0.05) is 5.16 Å². The van der Waals surface area contributed by atoms with Crippen molar-refractivity contribution in [3.63, 3.8) is 0 Å². The molecular weight excluding hydrogens is 355 g/mol. The Kier molecular flexibility index (Phi) is 5.55. The molecule has 0 aliphatic carbocycles. The summed E-state index contributed by atoms with van der Waals surface area (Å²) < 4.78 is 28.6. The van der Waals surface area contributed by atoms with E-state index in [0.717, 1.165) is 0 Å². The highest BCUT2D eigenvalue weighted by atomic mass is 19.1. The van der Waals surface area contributed by atoms with Gasteiger partial charge in [0.05, 0.1) is 18.4 Å². The maximum Gasteiger partial charge on any atom is 0.356 e. The first-order chi connectivity index (χ1) is 13.1. The molecule has 3 rings (SSSR count). The molecule has 0 bridgehead atoms. The zero-order valence-electron chi connectivity index (χ0n) is 14.3. The van der Waals surface area contributed by atoms with E-state index in [2.05, 4.69) is 10.1 Å². The Balaban J connectivity index is 1.77. The third kappa shape index (κ3) is 4.17. The Morgan fingerprint density at radius 3 is 2.63 bits per heavy atom. The molecule has 1 aromatic carbocycles. The largest absolute Gasteiger partial charge is 0.487 e. The monoisotopic (exact) mass is 370 g/mol. The van der Waals surface area contributed by atoms with Gasteiger partial charge >= 0.3 is 5.97 Å². The molecule has 2 heterocycles. The van der Waals surface area contributed by atoms with Crippen LogP contribution in [0.15, 0.2) is 47.1 Å². The molecule has 138 valence electrons. The number of halogens is 1. The molecular formula is C19H15FN2O5. The second kappa shape index (κ2) is 8.22. The van der Waals surface area contributed by atoms with Crippen LogP contribution < -0.4 is 4.74 Å². The topological polar surface area (TPSA) is 91.5 Å². The van der Waals surface area contributed by atoms with Crippen LogP contribution in [0, 0.1) is 5.82 Å². The number of hydrogen-bond acceptors (Lipinski definition) is 7. The van der Waals surface area contributed by atoms with Gasteiger partial charge in [-0.3, -0.25) is 4.79 Å². The number of nitrogens with zero attached hydrogens (tertiary/aromatic N) is 2. The maximum absolute atomic E-state index is 13.1. The molecule has 0 aliphatic heterocycles. The average molecular weight is 370 g/mol. The minimum Gasteiger partial charge on any atom is -0.487 e. The minimum atomic E-state index is -0.523. The number of aldehydes is 1. The van der Waals surface area contributed by atoms with Gasteiger partial charge in [-0.25, -0.2) is 14.2 Å². The molecule has 0 aliphatic rings. The van der Waals surface area contributed by atoms with Crippen LogP contribution in [0.25, 0.3) is 11.3 Å². The second-order valence-corrected chi connectivity index (χ2v) is 5.39. The summed E-state index contributed by atoms with van der Waals surface area (Å²) >= 11 is 0. The molecule has 0 atom stereocenters. The molecule has 27 heavy (non-hydrogen) atoms. The van der Waals surface area contributed by atoms with E-state index in [-0.39, 0.29) is 30.5 Å². The summed E-state index contributed by atoms with van der Waals surface area (Å²) in [7, 11) is 0. The van der Waals surface area contributed by atoms with Gasteiger partial charge in [-0.15, -0.1) is 0 Å². The van der Waals surface area contributed by atoms with Crippen LogP contribution >= 0.6 is 0 Å². The lowest BCUT2D eigenvalue weighted by Gasteiger charge is -2.07. The molecule has 2 aromatic heterocycles. The van der Waals surface area contributed by atoms with Crippen molar-refractivity contribution in [3.05, 3.63) is 65.4 Å². The van der Waals surface area contributed by atoms with Gasteiger partial charge in [0.25, 0.3) is 0 Å². The lowest BCUT2D eigenvalue weighted by atomic mass is 10.1. The molecule has 0 saturated heterocycles. The molecule has 0 radical (unpaired) electrons. The van der Waals surface area contributed by atoms with E-state index in [0.29, 0.717) is 28.9 Å².